The minimum atomic E-state index is -1.27. The lowest BCUT2D eigenvalue weighted by atomic mass is 10.0. The maximum atomic E-state index is 13.5. The maximum absolute atomic E-state index is 13.5. The van der Waals surface area contributed by atoms with Crippen molar-refractivity contribution in [3.8, 4) is 5.75 Å². The van der Waals surface area contributed by atoms with Crippen LogP contribution in [0.15, 0.2) is 6.07 Å². The number of aromatic hydroxyl groups is 1. The van der Waals surface area contributed by atoms with E-state index in [1.54, 1.807) is 0 Å². The number of rotatable bonds is 2. The van der Waals surface area contributed by atoms with Gasteiger partial charge in [0.2, 0.25) is 0 Å². The molecule has 0 heterocycles. The second kappa shape index (κ2) is 6.51. The van der Waals surface area contributed by atoms with Gasteiger partial charge in [-0.05, 0) is 19.9 Å². The average Bonchev–Trinajstić information content (AvgIpc) is 2.32. The second-order valence-electron chi connectivity index (χ2n) is 3.54. The molecule has 0 fully saturated rings. The van der Waals surface area contributed by atoms with Crippen molar-refractivity contribution in [2.75, 3.05) is 0 Å². The van der Waals surface area contributed by atoms with Gasteiger partial charge in [-0.1, -0.05) is 13.8 Å². The normalized spacial score (nSPS) is 13.6. The molecule has 0 amide bonds. The summed E-state index contributed by atoms with van der Waals surface area (Å²) in [5.41, 5.74) is 4.86. The van der Waals surface area contributed by atoms with Crippen LogP contribution in [-0.4, -0.2) is 16.3 Å². The fourth-order valence-corrected chi connectivity index (χ4v) is 1.28. The zero-order valence-electron chi connectivity index (χ0n) is 10.5. The van der Waals surface area contributed by atoms with Gasteiger partial charge in [-0.3, -0.25) is 0 Å². The highest BCUT2D eigenvalue weighted by Gasteiger charge is 2.22. The highest BCUT2D eigenvalue weighted by Crippen LogP contribution is 2.29. The molecule has 0 aliphatic heterocycles. The zero-order chi connectivity index (χ0) is 13.7. The molecule has 0 saturated carbocycles. The van der Waals surface area contributed by atoms with Crippen molar-refractivity contribution in [1.29, 1.82) is 0 Å². The fraction of sp³-hybridized carbons (Fsp3) is 0.500. The van der Waals surface area contributed by atoms with Gasteiger partial charge in [0, 0.05) is 17.2 Å². The molecule has 2 atom stereocenters. The number of phenols is 1. The molecule has 1 rings (SSSR count). The number of nitrogens with two attached hydrogens (primary N) is 1. The number of aliphatic hydroxyl groups is 1. The molecular weight excluding hydrogens is 228 g/mol. The lowest BCUT2D eigenvalue weighted by Crippen LogP contribution is -2.25. The van der Waals surface area contributed by atoms with Gasteiger partial charge >= 0.3 is 0 Å². The summed E-state index contributed by atoms with van der Waals surface area (Å²) < 4.78 is 26.5. The number of halogens is 2. The number of hydrogen-bond donors (Lipinski definition) is 3. The van der Waals surface area contributed by atoms with Gasteiger partial charge in [-0.25, -0.2) is 8.78 Å². The summed E-state index contributed by atoms with van der Waals surface area (Å²) in [6.45, 7) is 6.67. The smallest absolute Gasteiger partial charge is 0.170 e. The molecule has 0 bridgehead atoms. The van der Waals surface area contributed by atoms with E-state index in [0.29, 0.717) is 0 Å². The van der Waals surface area contributed by atoms with Gasteiger partial charge < -0.3 is 15.9 Å². The van der Waals surface area contributed by atoms with E-state index in [-0.39, 0.29) is 11.1 Å². The van der Waals surface area contributed by atoms with E-state index in [9.17, 15) is 13.9 Å². The third kappa shape index (κ3) is 3.38. The molecule has 17 heavy (non-hydrogen) atoms. The Morgan fingerprint density at radius 3 is 2.12 bits per heavy atom. The summed E-state index contributed by atoms with van der Waals surface area (Å²) in [5, 5.41) is 18.7. The lowest BCUT2D eigenvalue weighted by molar-refractivity contribution is 0.148. The largest absolute Gasteiger partial charge is 0.505 e. The Balaban J connectivity index is 0.00000121. The highest BCUT2D eigenvalue weighted by molar-refractivity contribution is 5.37. The van der Waals surface area contributed by atoms with Gasteiger partial charge in [0.25, 0.3) is 0 Å². The van der Waals surface area contributed by atoms with E-state index >= 15 is 0 Å². The van der Waals surface area contributed by atoms with Crippen LogP contribution in [0.3, 0.4) is 0 Å². The van der Waals surface area contributed by atoms with E-state index in [0.717, 1.165) is 6.07 Å². The quantitative estimate of drug-likeness (QED) is 0.751. The first-order chi connectivity index (χ1) is 7.86. The molecule has 0 aliphatic rings. The maximum Gasteiger partial charge on any atom is 0.170 e. The Morgan fingerprint density at radius 2 is 1.71 bits per heavy atom. The van der Waals surface area contributed by atoms with Crippen molar-refractivity contribution in [2.45, 2.75) is 39.8 Å². The third-order valence-corrected chi connectivity index (χ3v) is 2.25. The molecule has 2 unspecified atom stereocenters. The molecule has 4 N–H and O–H groups in total. The first kappa shape index (κ1) is 15.8. The van der Waals surface area contributed by atoms with Gasteiger partial charge in [0.05, 0.1) is 6.10 Å². The topological polar surface area (TPSA) is 66.5 Å². The Labute approximate surface area is 99.9 Å². The number of phenolic OH excluding ortho intramolecular Hbond substituents is 1. The summed E-state index contributed by atoms with van der Waals surface area (Å²) in [5.74, 6) is -2.59. The molecule has 0 saturated heterocycles. The molecule has 98 valence electrons. The van der Waals surface area contributed by atoms with Crippen molar-refractivity contribution < 1.29 is 19.0 Å². The predicted molar refractivity (Wildman–Crippen MR) is 62.7 cm³/mol. The third-order valence-electron chi connectivity index (χ3n) is 2.25. The first-order valence-electron chi connectivity index (χ1n) is 5.47. The van der Waals surface area contributed by atoms with Crippen LogP contribution < -0.4 is 5.73 Å². The molecule has 0 spiro atoms. The summed E-state index contributed by atoms with van der Waals surface area (Å²) in [6.07, 6.45) is -1.27. The molecule has 0 aromatic heterocycles. The molecule has 0 aliphatic carbocycles. The fourth-order valence-electron chi connectivity index (χ4n) is 1.28. The van der Waals surface area contributed by atoms with E-state index in [1.165, 1.54) is 13.8 Å². The van der Waals surface area contributed by atoms with Gasteiger partial charge in [0.1, 0.15) is 5.82 Å². The molecule has 0 radical (unpaired) electrons. The average molecular weight is 247 g/mol. The van der Waals surface area contributed by atoms with Gasteiger partial charge in [-0.15, -0.1) is 0 Å². The van der Waals surface area contributed by atoms with Crippen LogP contribution in [0.4, 0.5) is 8.78 Å². The number of aliphatic hydroxyl groups excluding tert-OH is 1. The molecule has 3 nitrogen and oxygen atoms in total. The first-order valence-corrected chi connectivity index (χ1v) is 5.47. The van der Waals surface area contributed by atoms with Crippen LogP contribution in [0.2, 0.25) is 0 Å². The lowest BCUT2D eigenvalue weighted by Gasteiger charge is -2.17. The molecule has 1 aromatic rings. The highest BCUT2D eigenvalue weighted by atomic mass is 19.1. The predicted octanol–water partition coefficient (Wildman–Crippen LogP) is 2.39. The van der Waals surface area contributed by atoms with Crippen molar-refractivity contribution in [2.24, 2.45) is 5.73 Å². The van der Waals surface area contributed by atoms with Crippen LogP contribution in [0.25, 0.3) is 0 Å². The van der Waals surface area contributed by atoms with Crippen molar-refractivity contribution >= 4 is 0 Å². The Morgan fingerprint density at radius 1 is 1.24 bits per heavy atom. The summed E-state index contributed by atoms with van der Waals surface area (Å²) in [4.78, 5) is 0. The minimum Gasteiger partial charge on any atom is -0.505 e. The van der Waals surface area contributed by atoms with E-state index < -0.39 is 29.5 Å². The number of benzene rings is 1. The van der Waals surface area contributed by atoms with Crippen LogP contribution in [0.5, 0.6) is 5.75 Å². The SMILES string of the molecule is CC.Cc1c(F)c(O)cc(C(O)C(C)N)c1F. The Hall–Kier alpha value is -1.20. The van der Waals surface area contributed by atoms with Crippen LogP contribution in [0, 0.1) is 18.6 Å². The standard InChI is InChI=1S/C10H13F2NO2.C2H6/c1-4-8(11)6(10(15)5(2)13)3-7(14)9(4)12;1-2/h3,5,10,14-15H,13H2,1-2H3;1-2H3. The van der Waals surface area contributed by atoms with Crippen LogP contribution in [0.1, 0.15) is 38.0 Å². The summed E-state index contributed by atoms with van der Waals surface area (Å²) in [6, 6.07) is 0.148. The van der Waals surface area contributed by atoms with Crippen molar-refractivity contribution in [3.05, 3.63) is 28.8 Å². The van der Waals surface area contributed by atoms with E-state index in [2.05, 4.69) is 0 Å². The van der Waals surface area contributed by atoms with Gasteiger partial charge in [0.15, 0.2) is 11.6 Å². The van der Waals surface area contributed by atoms with E-state index in [4.69, 9.17) is 10.8 Å². The molecule has 1 aromatic carbocycles. The molecule has 5 heteroatoms. The monoisotopic (exact) mass is 247 g/mol. The van der Waals surface area contributed by atoms with Gasteiger partial charge in [-0.2, -0.15) is 0 Å². The van der Waals surface area contributed by atoms with Crippen molar-refractivity contribution in [1.82, 2.24) is 0 Å². The summed E-state index contributed by atoms with van der Waals surface area (Å²) in [7, 11) is 0. The Kier molecular flexibility index (Phi) is 6.05. The van der Waals surface area contributed by atoms with Crippen molar-refractivity contribution in [3.63, 3.8) is 0 Å². The molecular formula is C12H19F2NO2. The minimum absolute atomic E-state index is 0.193. The Bertz CT molecular complexity index is 381. The summed E-state index contributed by atoms with van der Waals surface area (Å²) >= 11 is 0. The zero-order valence-corrected chi connectivity index (χ0v) is 10.5. The van der Waals surface area contributed by atoms with E-state index in [1.807, 2.05) is 13.8 Å². The van der Waals surface area contributed by atoms with Crippen LogP contribution in [-0.2, 0) is 0 Å². The number of hydrogen-bond acceptors (Lipinski definition) is 3. The second-order valence-corrected chi connectivity index (χ2v) is 3.54. The van der Waals surface area contributed by atoms with Crippen LogP contribution >= 0.6 is 0 Å².